The molecular formula is C15H18N2O5. The summed E-state index contributed by atoms with van der Waals surface area (Å²) in [4.78, 5) is 33.8. The third kappa shape index (κ3) is 3.41. The molecule has 0 saturated heterocycles. The first-order valence-electron chi connectivity index (χ1n) is 7.19. The maximum atomic E-state index is 12.3. The number of non-ortho nitro benzene ring substituents is 1. The minimum Gasteiger partial charge on any atom is -0.481 e. The van der Waals surface area contributed by atoms with E-state index in [0.717, 1.165) is 12.8 Å². The number of hydrogen-bond acceptors (Lipinski definition) is 4. The number of rotatable bonds is 4. The molecule has 0 heterocycles. The minimum atomic E-state index is -0.944. The van der Waals surface area contributed by atoms with E-state index in [2.05, 4.69) is 5.32 Å². The van der Waals surface area contributed by atoms with Gasteiger partial charge in [-0.15, -0.1) is 0 Å². The van der Waals surface area contributed by atoms with E-state index in [4.69, 9.17) is 0 Å². The van der Waals surface area contributed by atoms with Crippen molar-refractivity contribution in [3.63, 3.8) is 0 Å². The Bertz CT molecular complexity index is 614. The van der Waals surface area contributed by atoms with Gasteiger partial charge in [-0.1, -0.05) is 12.8 Å². The lowest BCUT2D eigenvalue weighted by molar-refractivity contribution is -0.384. The molecule has 0 aliphatic heterocycles. The van der Waals surface area contributed by atoms with Gasteiger partial charge >= 0.3 is 5.97 Å². The zero-order valence-electron chi connectivity index (χ0n) is 12.2. The molecule has 0 bridgehead atoms. The molecule has 7 heteroatoms. The highest BCUT2D eigenvalue weighted by Crippen LogP contribution is 2.32. The first-order chi connectivity index (χ1) is 10.4. The summed E-state index contributed by atoms with van der Waals surface area (Å²) in [6.45, 7) is 1.66. The van der Waals surface area contributed by atoms with Crippen LogP contribution in [0.15, 0.2) is 18.2 Å². The second-order valence-corrected chi connectivity index (χ2v) is 5.58. The maximum absolute atomic E-state index is 12.3. The number of carboxylic acid groups (broad SMARTS) is 1. The summed E-state index contributed by atoms with van der Waals surface area (Å²) in [6.07, 6.45) is 2.71. The van der Waals surface area contributed by atoms with Gasteiger partial charge in [-0.3, -0.25) is 19.7 Å². The molecule has 1 aromatic rings. The fourth-order valence-corrected chi connectivity index (χ4v) is 2.87. The van der Waals surface area contributed by atoms with Gasteiger partial charge in [0.05, 0.1) is 16.8 Å². The Kier molecular flexibility index (Phi) is 4.75. The van der Waals surface area contributed by atoms with Crippen molar-refractivity contribution in [1.29, 1.82) is 0 Å². The van der Waals surface area contributed by atoms with Crippen molar-refractivity contribution in [2.75, 3.05) is 5.32 Å². The van der Waals surface area contributed by atoms with Gasteiger partial charge in [0.2, 0.25) is 5.91 Å². The molecule has 2 atom stereocenters. The zero-order chi connectivity index (χ0) is 16.3. The molecular weight excluding hydrogens is 288 g/mol. The van der Waals surface area contributed by atoms with Crippen molar-refractivity contribution >= 4 is 23.3 Å². The average Bonchev–Trinajstić information content (AvgIpc) is 2.48. The van der Waals surface area contributed by atoms with Gasteiger partial charge in [0.25, 0.3) is 5.69 Å². The number of carbonyl (C=O) groups is 2. The Balaban J connectivity index is 2.14. The molecule has 0 unspecified atom stereocenters. The van der Waals surface area contributed by atoms with E-state index in [1.807, 2.05) is 0 Å². The summed E-state index contributed by atoms with van der Waals surface area (Å²) >= 11 is 0. The number of carbonyl (C=O) groups excluding carboxylic acids is 1. The van der Waals surface area contributed by atoms with Crippen LogP contribution < -0.4 is 5.32 Å². The molecule has 2 rings (SSSR count). The van der Waals surface area contributed by atoms with Crippen LogP contribution in [-0.2, 0) is 9.59 Å². The van der Waals surface area contributed by atoms with Crippen molar-refractivity contribution in [2.45, 2.75) is 32.6 Å². The van der Waals surface area contributed by atoms with Crippen LogP contribution in [0.1, 0.15) is 31.2 Å². The normalized spacial score (nSPS) is 21.1. The quantitative estimate of drug-likeness (QED) is 0.656. The van der Waals surface area contributed by atoms with E-state index in [1.165, 1.54) is 18.2 Å². The second-order valence-electron chi connectivity index (χ2n) is 5.58. The van der Waals surface area contributed by atoms with Crippen molar-refractivity contribution in [2.24, 2.45) is 11.8 Å². The van der Waals surface area contributed by atoms with Crippen LogP contribution in [0.4, 0.5) is 11.4 Å². The van der Waals surface area contributed by atoms with Crippen LogP contribution in [0, 0.1) is 28.9 Å². The van der Waals surface area contributed by atoms with Crippen molar-refractivity contribution in [1.82, 2.24) is 0 Å². The van der Waals surface area contributed by atoms with Crippen molar-refractivity contribution in [3.05, 3.63) is 33.9 Å². The molecule has 118 valence electrons. The summed E-state index contributed by atoms with van der Waals surface area (Å²) < 4.78 is 0. The lowest BCUT2D eigenvalue weighted by Gasteiger charge is -2.27. The third-order valence-electron chi connectivity index (χ3n) is 4.10. The molecule has 1 fully saturated rings. The maximum Gasteiger partial charge on any atom is 0.307 e. The van der Waals surface area contributed by atoms with Crippen molar-refractivity contribution in [3.8, 4) is 0 Å². The summed E-state index contributed by atoms with van der Waals surface area (Å²) in [7, 11) is 0. The number of benzene rings is 1. The first-order valence-corrected chi connectivity index (χ1v) is 7.19. The highest BCUT2D eigenvalue weighted by Gasteiger charge is 2.35. The number of nitrogens with zero attached hydrogens (tertiary/aromatic N) is 1. The van der Waals surface area contributed by atoms with Crippen LogP contribution in [0.25, 0.3) is 0 Å². The van der Waals surface area contributed by atoms with Crippen LogP contribution in [-0.4, -0.2) is 21.9 Å². The van der Waals surface area contributed by atoms with Crippen LogP contribution >= 0.6 is 0 Å². The molecule has 0 aromatic heterocycles. The number of aryl methyl sites for hydroxylation is 1. The van der Waals surface area contributed by atoms with Gasteiger partial charge < -0.3 is 10.4 Å². The third-order valence-corrected chi connectivity index (χ3v) is 4.10. The smallest absolute Gasteiger partial charge is 0.307 e. The number of nitro groups is 1. The number of nitrogens with one attached hydrogen (secondary N) is 1. The molecule has 0 spiro atoms. The molecule has 1 amide bonds. The molecule has 1 aromatic carbocycles. The minimum absolute atomic E-state index is 0.0448. The number of amides is 1. The summed E-state index contributed by atoms with van der Waals surface area (Å²) in [5.74, 6) is -2.49. The summed E-state index contributed by atoms with van der Waals surface area (Å²) in [5, 5.41) is 22.6. The van der Waals surface area contributed by atoms with Gasteiger partial charge in [0, 0.05) is 17.8 Å². The van der Waals surface area contributed by atoms with Crippen LogP contribution in [0.3, 0.4) is 0 Å². The highest BCUT2D eigenvalue weighted by molar-refractivity contribution is 5.95. The molecule has 1 saturated carbocycles. The Hall–Kier alpha value is -2.44. The predicted octanol–water partition coefficient (Wildman–Crippen LogP) is 2.73. The Morgan fingerprint density at radius 3 is 2.45 bits per heavy atom. The number of carboxylic acids is 1. The van der Waals surface area contributed by atoms with Gasteiger partial charge in [-0.2, -0.15) is 0 Å². The van der Waals surface area contributed by atoms with E-state index >= 15 is 0 Å². The van der Waals surface area contributed by atoms with Crippen molar-refractivity contribution < 1.29 is 19.6 Å². The second kappa shape index (κ2) is 6.55. The predicted molar refractivity (Wildman–Crippen MR) is 79.5 cm³/mol. The lowest BCUT2D eigenvalue weighted by atomic mass is 9.78. The van der Waals surface area contributed by atoms with Gasteiger partial charge in [-0.05, 0) is 31.4 Å². The molecule has 1 aliphatic rings. The monoisotopic (exact) mass is 306 g/mol. The van der Waals surface area contributed by atoms with Gasteiger partial charge in [0.1, 0.15) is 0 Å². The van der Waals surface area contributed by atoms with E-state index in [1.54, 1.807) is 6.92 Å². The van der Waals surface area contributed by atoms with E-state index in [0.29, 0.717) is 24.1 Å². The molecule has 0 radical (unpaired) electrons. The highest BCUT2D eigenvalue weighted by atomic mass is 16.6. The van der Waals surface area contributed by atoms with Gasteiger partial charge in [0.15, 0.2) is 0 Å². The first kappa shape index (κ1) is 15.9. The fraction of sp³-hybridized carbons (Fsp3) is 0.467. The molecule has 2 N–H and O–H groups in total. The average molecular weight is 306 g/mol. The standard InChI is InChI=1S/C15H18N2O5/c1-9-8-10(17(21)22)6-7-13(9)16-14(18)11-4-2-3-5-12(11)15(19)20/h6-8,11-12H,2-5H2,1H3,(H,16,18)(H,19,20)/t11-,12+/m1/s1. The SMILES string of the molecule is Cc1cc([N+](=O)[O-])ccc1NC(=O)[C@@H]1CCCC[C@@H]1C(=O)O. The zero-order valence-corrected chi connectivity index (χ0v) is 12.2. The van der Waals surface area contributed by atoms with Crippen LogP contribution in [0.2, 0.25) is 0 Å². The topological polar surface area (TPSA) is 110 Å². The largest absolute Gasteiger partial charge is 0.481 e. The summed E-state index contributed by atoms with van der Waals surface area (Å²) in [5.41, 5.74) is 1.01. The molecule has 22 heavy (non-hydrogen) atoms. The Morgan fingerprint density at radius 1 is 1.27 bits per heavy atom. The van der Waals surface area contributed by atoms with E-state index < -0.39 is 22.7 Å². The van der Waals surface area contributed by atoms with Crippen LogP contribution in [0.5, 0.6) is 0 Å². The number of hydrogen-bond donors (Lipinski definition) is 2. The number of aliphatic carboxylic acids is 1. The Labute approximate surface area is 127 Å². The number of nitro benzene ring substituents is 1. The van der Waals surface area contributed by atoms with E-state index in [-0.39, 0.29) is 11.6 Å². The fourth-order valence-electron chi connectivity index (χ4n) is 2.87. The van der Waals surface area contributed by atoms with E-state index in [9.17, 15) is 24.8 Å². The summed E-state index contributed by atoms with van der Waals surface area (Å²) in [6, 6.07) is 4.17. The molecule has 7 nitrogen and oxygen atoms in total. The van der Waals surface area contributed by atoms with Gasteiger partial charge in [-0.25, -0.2) is 0 Å². The Morgan fingerprint density at radius 2 is 1.91 bits per heavy atom. The lowest BCUT2D eigenvalue weighted by Crippen LogP contribution is -2.36. The molecule has 1 aliphatic carbocycles. The number of anilines is 1.